The minimum atomic E-state index is 0.861. The summed E-state index contributed by atoms with van der Waals surface area (Å²) in [4.78, 5) is 16.1. The van der Waals surface area contributed by atoms with Gasteiger partial charge in [-0.05, 0) is 38.2 Å². The lowest BCUT2D eigenvalue weighted by Gasteiger charge is -2.12. The first-order valence-electron chi connectivity index (χ1n) is 7.71. The van der Waals surface area contributed by atoms with Gasteiger partial charge < -0.3 is 5.32 Å². The van der Waals surface area contributed by atoms with Gasteiger partial charge in [0.25, 0.3) is 0 Å². The van der Waals surface area contributed by atoms with Crippen LogP contribution in [-0.4, -0.2) is 21.5 Å². The van der Waals surface area contributed by atoms with Crippen molar-refractivity contribution in [2.24, 2.45) is 0 Å². The molecule has 0 amide bonds. The molecule has 1 N–H and O–H groups in total. The lowest BCUT2D eigenvalue weighted by Crippen LogP contribution is -2.08. The number of hydrogen-bond acceptors (Lipinski definition) is 6. The molecular formula is C16H18N4S2. The molecule has 3 aromatic rings. The molecule has 0 unspecified atom stereocenters. The molecule has 3 aromatic heterocycles. The Bertz CT molecular complexity index is 806. The van der Waals surface area contributed by atoms with E-state index in [1.54, 1.807) is 17.7 Å². The van der Waals surface area contributed by atoms with E-state index in [9.17, 15) is 0 Å². The Morgan fingerprint density at radius 2 is 2.14 bits per heavy atom. The number of rotatable bonds is 4. The Morgan fingerprint density at radius 1 is 1.23 bits per heavy atom. The van der Waals surface area contributed by atoms with Gasteiger partial charge in [0.15, 0.2) is 0 Å². The normalized spacial score (nSPS) is 14.2. The third kappa shape index (κ3) is 2.61. The van der Waals surface area contributed by atoms with Gasteiger partial charge in [-0.15, -0.1) is 22.7 Å². The van der Waals surface area contributed by atoms with Crippen LogP contribution in [0.5, 0.6) is 0 Å². The van der Waals surface area contributed by atoms with Crippen LogP contribution in [0.1, 0.15) is 34.0 Å². The average molecular weight is 330 g/mol. The van der Waals surface area contributed by atoms with Crippen molar-refractivity contribution in [3.63, 3.8) is 0 Å². The fourth-order valence-electron chi connectivity index (χ4n) is 3.06. The van der Waals surface area contributed by atoms with Gasteiger partial charge in [-0.1, -0.05) is 0 Å². The standard InChI is InChI=1S/C16H18N4S2/c1-10-20-11(8-21-10)6-7-17-15-14-12-4-2-3-5-13(12)22-16(14)19-9-18-15/h8-9H,2-7H2,1H3,(H,17,18,19). The number of hydrogen-bond donors (Lipinski definition) is 1. The van der Waals surface area contributed by atoms with Crippen molar-refractivity contribution in [2.75, 3.05) is 11.9 Å². The molecular weight excluding hydrogens is 312 g/mol. The van der Waals surface area contributed by atoms with Crippen molar-refractivity contribution in [3.05, 3.63) is 32.8 Å². The van der Waals surface area contributed by atoms with Crippen LogP contribution < -0.4 is 5.32 Å². The molecule has 4 rings (SSSR count). The van der Waals surface area contributed by atoms with Gasteiger partial charge in [0.1, 0.15) is 17.0 Å². The quantitative estimate of drug-likeness (QED) is 0.786. The highest BCUT2D eigenvalue weighted by atomic mass is 32.1. The monoisotopic (exact) mass is 330 g/mol. The number of fused-ring (bicyclic) bond motifs is 3. The van der Waals surface area contributed by atoms with E-state index in [1.165, 1.54) is 41.5 Å². The van der Waals surface area contributed by atoms with E-state index < -0.39 is 0 Å². The van der Waals surface area contributed by atoms with Gasteiger partial charge in [-0.25, -0.2) is 15.0 Å². The van der Waals surface area contributed by atoms with E-state index >= 15 is 0 Å². The van der Waals surface area contributed by atoms with Crippen LogP contribution in [0, 0.1) is 6.92 Å². The highest BCUT2D eigenvalue weighted by Gasteiger charge is 2.19. The smallest absolute Gasteiger partial charge is 0.138 e. The summed E-state index contributed by atoms with van der Waals surface area (Å²) in [5, 5.41) is 8.03. The Labute approximate surface area is 137 Å². The van der Waals surface area contributed by atoms with Crippen LogP contribution in [-0.2, 0) is 19.3 Å². The fourth-order valence-corrected chi connectivity index (χ4v) is 4.93. The van der Waals surface area contributed by atoms with E-state index in [1.807, 2.05) is 18.3 Å². The van der Waals surface area contributed by atoms with E-state index in [-0.39, 0.29) is 0 Å². The zero-order valence-electron chi connectivity index (χ0n) is 12.6. The molecule has 0 aromatic carbocycles. The molecule has 4 nitrogen and oxygen atoms in total. The van der Waals surface area contributed by atoms with E-state index in [0.29, 0.717) is 0 Å². The molecule has 22 heavy (non-hydrogen) atoms. The Balaban J connectivity index is 1.57. The summed E-state index contributed by atoms with van der Waals surface area (Å²) in [6, 6.07) is 0. The van der Waals surface area contributed by atoms with E-state index in [4.69, 9.17) is 0 Å². The van der Waals surface area contributed by atoms with Crippen LogP contribution in [0.15, 0.2) is 11.7 Å². The highest BCUT2D eigenvalue weighted by molar-refractivity contribution is 7.19. The van der Waals surface area contributed by atoms with Crippen molar-refractivity contribution in [2.45, 2.75) is 39.0 Å². The zero-order chi connectivity index (χ0) is 14.9. The topological polar surface area (TPSA) is 50.7 Å². The summed E-state index contributed by atoms with van der Waals surface area (Å²) < 4.78 is 0. The maximum absolute atomic E-state index is 4.51. The number of nitrogens with zero attached hydrogens (tertiary/aromatic N) is 3. The first-order valence-corrected chi connectivity index (χ1v) is 9.41. The molecule has 1 aliphatic carbocycles. The molecule has 0 saturated heterocycles. The van der Waals surface area contributed by atoms with Crippen LogP contribution >= 0.6 is 22.7 Å². The summed E-state index contributed by atoms with van der Waals surface area (Å²) in [6.45, 7) is 2.91. The van der Waals surface area contributed by atoms with Crippen molar-refractivity contribution in [1.82, 2.24) is 15.0 Å². The Kier molecular flexibility index (Phi) is 3.80. The lowest BCUT2D eigenvalue weighted by atomic mass is 9.97. The molecule has 0 spiro atoms. The second-order valence-electron chi connectivity index (χ2n) is 5.65. The minimum Gasteiger partial charge on any atom is -0.369 e. The molecule has 0 bridgehead atoms. The number of thiophene rings is 1. The second-order valence-corrected chi connectivity index (χ2v) is 7.79. The SMILES string of the molecule is Cc1nc(CCNc2ncnc3sc4c(c23)CCCC4)cs1. The lowest BCUT2D eigenvalue weighted by molar-refractivity contribution is 0.700. The zero-order valence-corrected chi connectivity index (χ0v) is 14.2. The second kappa shape index (κ2) is 5.93. The molecule has 0 atom stereocenters. The summed E-state index contributed by atoms with van der Waals surface area (Å²) in [7, 11) is 0. The molecule has 0 fully saturated rings. The highest BCUT2D eigenvalue weighted by Crippen LogP contribution is 2.38. The van der Waals surface area contributed by atoms with Crippen molar-refractivity contribution in [1.29, 1.82) is 0 Å². The third-order valence-corrected chi connectivity index (χ3v) is 6.11. The van der Waals surface area contributed by atoms with Gasteiger partial charge in [-0.3, -0.25) is 0 Å². The molecule has 0 aliphatic heterocycles. The molecule has 0 radical (unpaired) electrons. The number of aromatic nitrogens is 3. The molecule has 6 heteroatoms. The van der Waals surface area contributed by atoms with Gasteiger partial charge in [0, 0.05) is 23.2 Å². The average Bonchev–Trinajstić information content (AvgIpc) is 3.11. The molecule has 0 saturated carbocycles. The molecule has 114 valence electrons. The number of anilines is 1. The maximum Gasteiger partial charge on any atom is 0.138 e. The van der Waals surface area contributed by atoms with Crippen LogP contribution in [0.2, 0.25) is 0 Å². The Morgan fingerprint density at radius 3 is 3.00 bits per heavy atom. The summed E-state index contributed by atoms with van der Waals surface area (Å²) >= 11 is 3.56. The molecule has 1 aliphatic rings. The number of thiazole rings is 1. The van der Waals surface area contributed by atoms with Gasteiger partial charge in [-0.2, -0.15) is 0 Å². The van der Waals surface area contributed by atoms with Crippen molar-refractivity contribution >= 4 is 38.7 Å². The van der Waals surface area contributed by atoms with Crippen molar-refractivity contribution in [3.8, 4) is 0 Å². The van der Waals surface area contributed by atoms with Crippen LogP contribution in [0.25, 0.3) is 10.2 Å². The summed E-state index contributed by atoms with van der Waals surface area (Å²) in [5.41, 5.74) is 2.64. The molecule has 3 heterocycles. The number of nitrogens with one attached hydrogen (secondary N) is 1. The maximum atomic E-state index is 4.51. The predicted octanol–water partition coefficient (Wildman–Crippen LogP) is 3.99. The van der Waals surface area contributed by atoms with Crippen LogP contribution in [0.3, 0.4) is 0 Å². The Hall–Kier alpha value is -1.53. The summed E-state index contributed by atoms with van der Waals surface area (Å²) in [5.74, 6) is 0.997. The third-order valence-electron chi connectivity index (χ3n) is 4.09. The largest absolute Gasteiger partial charge is 0.369 e. The van der Waals surface area contributed by atoms with Gasteiger partial charge in [0.2, 0.25) is 0 Å². The summed E-state index contributed by atoms with van der Waals surface area (Å²) in [6.07, 6.45) is 7.57. The van der Waals surface area contributed by atoms with Gasteiger partial charge in [0.05, 0.1) is 16.1 Å². The van der Waals surface area contributed by atoms with Crippen molar-refractivity contribution < 1.29 is 0 Å². The fraction of sp³-hybridized carbons (Fsp3) is 0.438. The first kappa shape index (κ1) is 14.1. The minimum absolute atomic E-state index is 0.861. The van der Waals surface area contributed by atoms with Gasteiger partial charge >= 0.3 is 0 Å². The van der Waals surface area contributed by atoms with Crippen LogP contribution in [0.4, 0.5) is 5.82 Å². The number of aryl methyl sites for hydroxylation is 3. The predicted molar refractivity (Wildman–Crippen MR) is 93.1 cm³/mol. The van der Waals surface area contributed by atoms with E-state index in [0.717, 1.165) is 34.3 Å². The first-order chi connectivity index (χ1) is 10.8. The van der Waals surface area contributed by atoms with E-state index in [2.05, 4.69) is 25.6 Å².